The zero-order valence-corrected chi connectivity index (χ0v) is 15.8. The summed E-state index contributed by atoms with van der Waals surface area (Å²) in [6.07, 6.45) is 7.27. The maximum absolute atomic E-state index is 8.28. The third-order valence-electron chi connectivity index (χ3n) is 3.33. The van der Waals surface area contributed by atoms with E-state index in [1.54, 1.807) is 0 Å². The van der Waals surface area contributed by atoms with Crippen LogP contribution in [0.1, 0.15) is 48.0 Å². The van der Waals surface area contributed by atoms with Gasteiger partial charge in [-0.3, -0.25) is 0 Å². The van der Waals surface area contributed by atoms with E-state index in [2.05, 4.69) is 53.7 Å². The van der Waals surface area contributed by atoms with Crippen LogP contribution in [0, 0.1) is 29.7 Å². The van der Waals surface area contributed by atoms with Crippen molar-refractivity contribution >= 4 is 0 Å². The van der Waals surface area contributed by atoms with Gasteiger partial charge in [-0.05, 0) is 5.92 Å². The number of rotatable bonds is 3. The normalized spacial score (nSPS) is 18.2. The molecule has 0 aromatic carbocycles. The van der Waals surface area contributed by atoms with Crippen molar-refractivity contribution in [2.45, 2.75) is 48.0 Å². The fourth-order valence-electron chi connectivity index (χ4n) is 1.97. The van der Waals surface area contributed by atoms with Gasteiger partial charge < -0.3 is 5.11 Å². The van der Waals surface area contributed by atoms with E-state index in [9.17, 15) is 0 Å². The van der Waals surface area contributed by atoms with Gasteiger partial charge in [0.15, 0.2) is 0 Å². The van der Waals surface area contributed by atoms with Crippen molar-refractivity contribution in [2.24, 2.45) is 23.7 Å². The van der Waals surface area contributed by atoms with Crippen LogP contribution in [0.4, 0.5) is 0 Å². The molecular formula is C16H29O2Os-. The Bertz CT molecular complexity index is 291. The first-order valence-electron chi connectivity index (χ1n) is 6.85. The molecule has 1 atom stereocenters. The molecule has 114 valence electrons. The first-order valence-corrected chi connectivity index (χ1v) is 7.89. The van der Waals surface area contributed by atoms with Crippen molar-refractivity contribution in [1.82, 2.24) is 0 Å². The molecule has 2 nitrogen and oxygen atoms in total. The van der Waals surface area contributed by atoms with E-state index in [4.69, 9.17) is 8.65 Å². The van der Waals surface area contributed by atoms with Gasteiger partial charge in [-0.2, -0.15) is 5.57 Å². The predicted molar refractivity (Wildman–Crippen MR) is 76.3 cm³/mol. The Labute approximate surface area is 129 Å². The van der Waals surface area contributed by atoms with Gasteiger partial charge in [0, 0.05) is 7.11 Å². The summed E-state index contributed by atoms with van der Waals surface area (Å²) in [5.41, 5.74) is 2.93. The molecule has 3 heteroatoms. The average molecular weight is 444 g/mol. The fourth-order valence-corrected chi connectivity index (χ4v) is 1.97. The molecule has 0 saturated carbocycles. The van der Waals surface area contributed by atoms with E-state index in [1.807, 2.05) is 0 Å². The van der Waals surface area contributed by atoms with Crippen molar-refractivity contribution in [1.29, 1.82) is 0 Å². The molecule has 1 aliphatic carbocycles. The van der Waals surface area contributed by atoms with Gasteiger partial charge in [-0.1, -0.05) is 65.7 Å². The number of hydrogen-bond donors (Lipinski definition) is 1. The molecule has 0 aliphatic heterocycles. The molecule has 0 amide bonds. The molecule has 19 heavy (non-hydrogen) atoms. The standard InChI is InChI=1S/C15H25.CH4O.O.Os/c1-10(2)13-7-14(11(3)4)9-15(8-13)12(5)6;1-2;;/h7,10-13H,8H2,1-6H3;2H,1H3;;/q-1;;;. The second kappa shape index (κ2) is 11.7. The van der Waals surface area contributed by atoms with Crippen LogP contribution < -0.4 is 0 Å². The quantitative estimate of drug-likeness (QED) is 0.667. The topological polar surface area (TPSA) is 37.3 Å². The zero-order chi connectivity index (χ0) is 15.6. The molecule has 1 aliphatic rings. The van der Waals surface area contributed by atoms with Gasteiger partial charge in [0.25, 0.3) is 0 Å². The monoisotopic (exact) mass is 445 g/mol. The Morgan fingerprint density at radius 3 is 1.89 bits per heavy atom. The summed E-state index contributed by atoms with van der Waals surface area (Å²) in [6.45, 7) is 13.7. The van der Waals surface area contributed by atoms with Crippen molar-refractivity contribution in [3.05, 3.63) is 23.3 Å². The minimum atomic E-state index is 0.611. The van der Waals surface area contributed by atoms with E-state index in [0.717, 1.165) is 18.9 Å². The fraction of sp³-hybridized carbons (Fsp3) is 0.750. The summed E-state index contributed by atoms with van der Waals surface area (Å²) in [4.78, 5) is 0. The Hall–Kier alpha value is -0.124. The molecular weight excluding hydrogens is 414 g/mol. The molecule has 0 radical (unpaired) electrons. The SMILES string of the molecule is CC(C)C1=[C-]C(C(C)C)=CC(C(C)C)C1.CO.[O]=[Os]. The zero-order valence-electron chi connectivity index (χ0n) is 13.3. The first kappa shape index (κ1) is 21.2. The average Bonchev–Trinajstić information content (AvgIpc) is 2.42. The van der Waals surface area contributed by atoms with Gasteiger partial charge in [-0.15, -0.1) is 0 Å². The number of hydrogen-bond acceptors (Lipinski definition) is 2. The predicted octanol–water partition coefficient (Wildman–Crippen LogP) is 4.12. The van der Waals surface area contributed by atoms with Crippen LogP contribution in [0.5, 0.6) is 0 Å². The molecule has 0 fully saturated rings. The van der Waals surface area contributed by atoms with Crippen molar-refractivity contribution in [2.75, 3.05) is 7.11 Å². The molecule has 0 spiro atoms. The second-order valence-corrected chi connectivity index (χ2v) is 5.69. The summed E-state index contributed by atoms with van der Waals surface area (Å²) >= 11 is 0.611. The van der Waals surface area contributed by atoms with E-state index in [1.165, 1.54) is 17.6 Å². The third kappa shape index (κ3) is 7.90. The van der Waals surface area contributed by atoms with Crippen LogP contribution in [0.2, 0.25) is 0 Å². The van der Waals surface area contributed by atoms with E-state index < -0.39 is 0 Å². The summed E-state index contributed by atoms with van der Waals surface area (Å²) in [5.74, 6) is 2.73. The van der Waals surface area contributed by atoms with Crippen LogP contribution in [0.25, 0.3) is 0 Å². The number of aliphatic hydroxyl groups excluding tert-OH is 1. The Balaban J connectivity index is 0. The second-order valence-electron chi connectivity index (χ2n) is 5.69. The van der Waals surface area contributed by atoms with Crippen LogP contribution in [-0.4, -0.2) is 12.2 Å². The van der Waals surface area contributed by atoms with E-state index in [0.29, 0.717) is 30.4 Å². The summed E-state index contributed by atoms with van der Waals surface area (Å²) in [7, 11) is 1.00. The summed E-state index contributed by atoms with van der Waals surface area (Å²) in [5, 5.41) is 7.00. The third-order valence-corrected chi connectivity index (χ3v) is 3.33. The van der Waals surface area contributed by atoms with Crippen LogP contribution in [-0.2, 0) is 22.1 Å². The van der Waals surface area contributed by atoms with E-state index >= 15 is 0 Å². The number of aliphatic hydroxyl groups is 1. The Kier molecular flexibility index (Phi) is 13.0. The molecule has 1 N–H and O–H groups in total. The van der Waals surface area contributed by atoms with Gasteiger partial charge in [0.1, 0.15) is 0 Å². The molecule has 0 bridgehead atoms. The molecule has 0 aromatic heterocycles. The molecule has 0 heterocycles. The Morgan fingerprint density at radius 2 is 1.58 bits per heavy atom. The van der Waals surface area contributed by atoms with E-state index in [-0.39, 0.29) is 0 Å². The Morgan fingerprint density at radius 1 is 1.11 bits per heavy atom. The summed E-state index contributed by atoms with van der Waals surface area (Å²) in [6, 6.07) is 0. The van der Waals surface area contributed by atoms with Crippen LogP contribution >= 0.6 is 0 Å². The van der Waals surface area contributed by atoms with Gasteiger partial charge in [-0.25, -0.2) is 17.7 Å². The maximum atomic E-state index is 8.28. The van der Waals surface area contributed by atoms with Crippen LogP contribution in [0.3, 0.4) is 0 Å². The van der Waals surface area contributed by atoms with Gasteiger partial charge >= 0.3 is 22.1 Å². The molecule has 1 rings (SSSR count). The van der Waals surface area contributed by atoms with Gasteiger partial charge in [0.05, 0.1) is 0 Å². The molecule has 0 aromatic rings. The van der Waals surface area contributed by atoms with Gasteiger partial charge in [0.2, 0.25) is 0 Å². The number of allylic oxidation sites excluding steroid dienone is 4. The van der Waals surface area contributed by atoms with Crippen molar-refractivity contribution in [3.8, 4) is 0 Å². The molecule has 1 unspecified atom stereocenters. The van der Waals surface area contributed by atoms with Crippen LogP contribution in [0.15, 0.2) is 17.2 Å². The minimum absolute atomic E-state index is 0.611. The first-order chi connectivity index (χ1) is 8.91. The summed E-state index contributed by atoms with van der Waals surface area (Å²) < 4.78 is 8.28. The molecule has 0 saturated heterocycles. The van der Waals surface area contributed by atoms with Crippen molar-refractivity contribution in [3.63, 3.8) is 0 Å². The van der Waals surface area contributed by atoms with Crippen molar-refractivity contribution < 1.29 is 27.2 Å².